The van der Waals surface area contributed by atoms with Crippen molar-refractivity contribution in [3.63, 3.8) is 0 Å². The lowest BCUT2D eigenvalue weighted by molar-refractivity contribution is 0.0699. The standard InChI is InChI=1S/C10H10N2O2/c11-4-6-2-1-3-7-8(10(13)14)5-12-9(6)7/h1-3,5,12H,4,11H2,(H,13,14). The molecule has 0 unspecified atom stereocenters. The van der Waals surface area contributed by atoms with Crippen molar-refractivity contribution in [2.75, 3.05) is 0 Å². The van der Waals surface area contributed by atoms with E-state index in [0.29, 0.717) is 11.9 Å². The van der Waals surface area contributed by atoms with Gasteiger partial charge in [0.25, 0.3) is 0 Å². The van der Waals surface area contributed by atoms with E-state index in [0.717, 1.165) is 11.1 Å². The van der Waals surface area contributed by atoms with Crippen molar-refractivity contribution in [3.05, 3.63) is 35.5 Å². The van der Waals surface area contributed by atoms with Gasteiger partial charge >= 0.3 is 5.97 Å². The van der Waals surface area contributed by atoms with Gasteiger partial charge in [0, 0.05) is 18.1 Å². The second kappa shape index (κ2) is 3.16. The topological polar surface area (TPSA) is 79.1 Å². The molecule has 0 radical (unpaired) electrons. The number of carbonyl (C=O) groups is 1. The Labute approximate surface area is 80.3 Å². The van der Waals surface area contributed by atoms with Crippen LogP contribution in [-0.4, -0.2) is 16.1 Å². The SMILES string of the molecule is NCc1cccc2c(C(=O)O)c[nH]c12. The van der Waals surface area contributed by atoms with Gasteiger partial charge in [-0.3, -0.25) is 0 Å². The van der Waals surface area contributed by atoms with Gasteiger partial charge in [-0.05, 0) is 5.56 Å². The smallest absolute Gasteiger partial charge is 0.337 e. The number of carboxylic acid groups (broad SMARTS) is 1. The Hall–Kier alpha value is -1.81. The summed E-state index contributed by atoms with van der Waals surface area (Å²) < 4.78 is 0. The molecule has 0 fully saturated rings. The van der Waals surface area contributed by atoms with Crippen LogP contribution in [0.1, 0.15) is 15.9 Å². The van der Waals surface area contributed by atoms with E-state index in [4.69, 9.17) is 10.8 Å². The average Bonchev–Trinajstić information content (AvgIpc) is 2.60. The molecule has 72 valence electrons. The molecule has 4 N–H and O–H groups in total. The third kappa shape index (κ3) is 1.16. The number of hydrogen-bond acceptors (Lipinski definition) is 2. The Morgan fingerprint density at radius 3 is 2.93 bits per heavy atom. The average molecular weight is 190 g/mol. The lowest BCUT2D eigenvalue weighted by atomic mass is 10.1. The van der Waals surface area contributed by atoms with Crippen molar-refractivity contribution in [3.8, 4) is 0 Å². The summed E-state index contributed by atoms with van der Waals surface area (Å²) in [6.07, 6.45) is 1.49. The molecule has 0 aliphatic heterocycles. The molecule has 0 saturated carbocycles. The number of fused-ring (bicyclic) bond motifs is 1. The van der Waals surface area contributed by atoms with Crippen LogP contribution >= 0.6 is 0 Å². The molecule has 0 spiro atoms. The largest absolute Gasteiger partial charge is 0.478 e. The second-order valence-electron chi connectivity index (χ2n) is 3.05. The van der Waals surface area contributed by atoms with Gasteiger partial charge in [0.15, 0.2) is 0 Å². The van der Waals surface area contributed by atoms with Crippen LogP contribution in [0.15, 0.2) is 24.4 Å². The maximum Gasteiger partial charge on any atom is 0.337 e. The number of nitrogens with one attached hydrogen (secondary N) is 1. The first kappa shape index (κ1) is 8.77. The third-order valence-electron chi connectivity index (χ3n) is 2.25. The lowest BCUT2D eigenvalue weighted by Crippen LogP contribution is -1.97. The minimum absolute atomic E-state index is 0.287. The monoisotopic (exact) mass is 190 g/mol. The van der Waals surface area contributed by atoms with E-state index in [2.05, 4.69) is 4.98 Å². The maximum absolute atomic E-state index is 10.8. The van der Waals surface area contributed by atoms with E-state index >= 15 is 0 Å². The molecule has 0 bridgehead atoms. The van der Waals surface area contributed by atoms with Crippen LogP contribution in [0.25, 0.3) is 10.9 Å². The van der Waals surface area contributed by atoms with Crippen LogP contribution < -0.4 is 5.73 Å². The predicted molar refractivity (Wildman–Crippen MR) is 53.1 cm³/mol. The van der Waals surface area contributed by atoms with Gasteiger partial charge in [-0.15, -0.1) is 0 Å². The van der Waals surface area contributed by atoms with Gasteiger partial charge in [-0.25, -0.2) is 4.79 Å². The molecule has 0 aliphatic carbocycles. The highest BCUT2D eigenvalue weighted by molar-refractivity contribution is 6.03. The number of para-hydroxylation sites is 1. The summed E-state index contributed by atoms with van der Waals surface area (Å²) in [7, 11) is 0. The molecule has 1 aromatic heterocycles. The zero-order chi connectivity index (χ0) is 10.1. The Balaban J connectivity index is 2.75. The Morgan fingerprint density at radius 2 is 2.29 bits per heavy atom. The highest BCUT2D eigenvalue weighted by atomic mass is 16.4. The lowest BCUT2D eigenvalue weighted by Gasteiger charge is -1.98. The van der Waals surface area contributed by atoms with Crippen LogP contribution in [0.5, 0.6) is 0 Å². The number of aromatic carboxylic acids is 1. The molecule has 2 aromatic rings. The molecule has 4 heteroatoms. The summed E-state index contributed by atoms with van der Waals surface area (Å²) in [4.78, 5) is 13.8. The Morgan fingerprint density at radius 1 is 1.50 bits per heavy atom. The normalized spacial score (nSPS) is 10.6. The van der Waals surface area contributed by atoms with E-state index in [1.165, 1.54) is 6.20 Å². The van der Waals surface area contributed by atoms with Crippen LogP contribution in [0.3, 0.4) is 0 Å². The highest BCUT2D eigenvalue weighted by Crippen LogP contribution is 2.21. The predicted octanol–water partition coefficient (Wildman–Crippen LogP) is 1.32. The number of nitrogens with two attached hydrogens (primary N) is 1. The van der Waals surface area contributed by atoms with Crippen LogP contribution in [-0.2, 0) is 6.54 Å². The van der Waals surface area contributed by atoms with E-state index in [1.54, 1.807) is 6.07 Å². The van der Waals surface area contributed by atoms with Crippen molar-refractivity contribution < 1.29 is 9.90 Å². The molecule has 14 heavy (non-hydrogen) atoms. The zero-order valence-corrected chi connectivity index (χ0v) is 7.45. The molecular formula is C10H10N2O2. The van der Waals surface area contributed by atoms with E-state index in [9.17, 15) is 4.79 Å². The summed E-state index contributed by atoms with van der Waals surface area (Å²) in [5.41, 5.74) is 7.56. The first-order valence-corrected chi connectivity index (χ1v) is 4.26. The van der Waals surface area contributed by atoms with E-state index in [1.807, 2.05) is 12.1 Å². The molecule has 2 rings (SSSR count). The summed E-state index contributed by atoms with van der Waals surface area (Å²) in [6.45, 7) is 0.400. The summed E-state index contributed by atoms with van der Waals surface area (Å²) in [5, 5.41) is 9.59. The van der Waals surface area contributed by atoms with Gasteiger partial charge in [-0.1, -0.05) is 18.2 Å². The quantitative estimate of drug-likeness (QED) is 0.668. The Kier molecular flexibility index (Phi) is 1.98. The van der Waals surface area contributed by atoms with Crippen LogP contribution in [0.2, 0.25) is 0 Å². The van der Waals surface area contributed by atoms with Gasteiger partial charge in [-0.2, -0.15) is 0 Å². The van der Waals surface area contributed by atoms with Gasteiger partial charge in [0.05, 0.1) is 11.1 Å². The number of hydrogen-bond donors (Lipinski definition) is 3. The summed E-state index contributed by atoms with van der Waals surface area (Å²) in [6, 6.07) is 5.46. The molecule has 0 aliphatic rings. The van der Waals surface area contributed by atoms with Gasteiger partial charge in [0.1, 0.15) is 0 Å². The number of benzene rings is 1. The minimum Gasteiger partial charge on any atom is -0.478 e. The first-order chi connectivity index (χ1) is 6.74. The van der Waals surface area contributed by atoms with Crippen LogP contribution in [0.4, 0.5) is 0 Å². The van der Waals surface area contributed by atoms with E-state index < -0.39 is 5.97 Å². The summed E-state index contributed by atoms with van der Waals surface area (Å²) >= 11 is 0. The number of carboxylic acids is 1. The molecule has 1 aromatic carbocycles. The number of aromatic nitrogens is 1. The highest BCUT2D eigenvalue weighted by Gasteiger charge is 2.11. The van der Waals surface area contributed by atoms with E-state index in [-0.39, 0.29) is 5.56 Å². The molecule has 0 atom stereocenters. The number of H-pyrrole nitrogens is 1. The van der Waals surface area contributed by atoms with Crippen molar-refractivity contribution in [1.29, 1.82) is 0 Å². The molecule has 0 amide bonds. The van der Waals surface area contributed by atoms with Crippen molar-refractivity contribution in [2.24, 2.45) is 5.73 Å². The molecule has 0 saturated heterocycles. The maximum atomic E-state index is 10.8. The van der Waals surface area contributed by atoms with Gasteiger partial charge < -0.3 is 15.8 Å². The van der Waals surface area contributed by atoms with Crippen molar-refractivity contribution >= 4 is 16.9 Å². The molecule has 4 nitrogen and oxygen atoms in total. The third-order valence-corrected chi connectivity index (χ3v) is 2.25. The fourth-order valence-electron chi connectivity index (χ4n) is 1.56. The van der Waals surface area contributed by atoms with Crippen LogP contribution in [0, 0.1) is 0 Å². The minimum atomic E-state index is -0.926. The number of rotatable bonds is 2. The second-order valence-corrected chi connectivity index (χ2v) is 3.05. The van der Waals surface area contributed by atoms with Gasteiger partial charge in [0.2, 0.25) is 0 Å². The Bertz CT molecular complexity index is 488. The first-order valence-electron chi connectivity index (χ1n) is 4.26. The van der Waals surface area contributed by atoms with Crippen molar-refractivity contribution in [1.82, 2.24) is 4.98 Å². The molecule has 1 heterocycles. The summed E-state index contributed by atoms with van der Waals surface area (Å²) in [5.74, 6) is -0.926. The molecular weight excluding hydrogens is 180 g/mol. The van der Waals surface area contributed by atoms with Crippen molar-refractivity contribution in [2.45, 2.75) is 6.54 Å². The fraction of sp³-hybridized carbons (Fsp3) is 0.100. The number of aromatic amines is 1. The zero-order valence-electron chi connectivity index (χ0n) is 7.45. The fourth-order valence-corrected chi connectivity index (χ4v) is 1.56.